The van der Waals surface area contributed by atoms with Gasteiger partial charge in [-0.1, -0.05) is 0 Å². The van der Waals surface area contributed by atoms with E-state index >= 15 is 0 Å². The summed E-state index contributed by atoms with van der Waals surface area (Å²) in [5.41, 5.74) is 3.83. The molecule has 0 bridgehead atoms. The van der Waals surface area contributed by atoms with E-state index < -0.39 is 0 Å². The van der Waals surface area contributed by atoms with Gasteiger partial charge in [-0.15, -0.1) is 0 Å². The lowest BCUT2D eigenvalue weighted by atomic mass is 10.0. The third-order valence-electron chi connectivity index (χ3n) is 2.83. The van der Waals surface area contributed by atoms with Gasteiger partial charge in [0, 0.05) is 17.8 Å². The summed E-state index contributed by atoms with van der Waals surface area (Å²) < 4.78 is 4.78. The smallest absolute Gasteiger partial charge is 0.139 e. The lowest BCUT2D eigenvalue weighted by molar-refractivity contribution is 0.315. The number of benzene rings is 1. The molecular formula is C11H9N3O. The first-order valence-corrected chi connectivity index (χ1v) is 4.74. The van der Waals surface area contributed by atoms with Crippen LogP contribution < -0.4 is 0 Å². The Morgan fingerprint density at radius 2 is 1.67 bits per heavy atom. The highest BCUT2D eigenvalue weighted by Gasteiger charge is 2.12. The number of fused-ring (bicyclic) bond motifs is 2. The Bertz CT molecular complexity index is 602. The lowest BCUT2D eigenvalue weighted by Crippen LogP contribution is -1.87. The quantitative estimate of drug-likeness (QED) is 0.557. The number of aryl methyl sites for hydroxylation is 2. The maximum atomic E-state index is 4.78. The molecule has 4 nitrogen and oxygen atoms in total. The summed E-state index contributed by atoms with van der Waals surface area (Å²) in [7, 11) is 0. The van der Waals surface area contributed by atoms with Crippen LogP contribution in [-0.2, 0) is 0 Å². The van der Waals surface area contributed by atoms with Crippen LogP contribution in [0.1, 0.15) is 11.1 Å². The van der Waals surface area contributed by atoms with Crippen molar-refractivity contribution < 1.29 is 4.63 Å². The molecule has 0 unspecified atom stereocenters. The topological polar surface area (TPSA) is 51.8 Å². The van der Waals surface area contributed by atoms with Crippen molar-refractivity contribution in [3.05, 3.63) is 29.6 Å². The maximum absolute atomic E-state index is 4.78. The summed E-state index contributed by atoms with van der Waals surface area (Å²) in [5, 5.41) is 10.1. The van der Waals surface area contributed by atoms with Crippen molar-refractivity contribution in [3.8, 4) is 0 Å². The predicted octanol–water partition coefficient (Wildman–Crippen LogP) is 2.39. The minimum absolute atomic E-state index is 0.827. The van der Waals surface area contributed by atoms with Crippen molar-refractivity contribution in [2.24, 2.45) is 0 Å². The fourth-order valence-corrected chi connectivity index (χ4v) is 1.96. The molecule has 0 saturated heterocycles. The van der Waals surface area contributed by atoms with Crippen LogP contribution in [0.2, 0.25) is 0 Å². The summed E-state index contributed by atoms with van der Waals surface area (Å²) in [4.78, 5) is 4.13. The molecule has 0 aliphatic carbocycles. The second-order valence-corrected chi connectivity index (χ2v) is 3.63. The molecule has 4 heteroatoms. The molecule has 3 rings (SSSR count). The number of nitrogens with zero attached hydrogens (tertiary/aromatic N) is 3. The Hall–Kier alpha value is -1.97. The molecule has 0 amide bonds. The first kappa shape index (κ1) is 8.35. The van der Waals surface area contributed by atoms with Gasteiger partial charge in [0.2, 0.25) is 0 Å². The number of aromatic nitrogens is 3. The molecule has 0 radical (unpaired) electrons. The van der Waals surface area contributed by atoms with Gasteiger partial charge in [0.1, 0.15) is 11.0 Å². The van der Waals surface area contributed by atoms with E-state index in [2.05, 4.69) is 15.3 Å². The number of hydrogen-bond acceptors (Lipinski definition) is 4. The van der Waals surface area contributed by atoms with Crippen LogP contribution in [0.5, 0.6) is 0 Å². The van der Waals surface area contributed by atoms with Gasteiger partial charge in [0.25, 0.3) is 0 Å². The standard InChI is InChI=1S/C11H9N3O/c1-6-8-3-4-12-5-9(8)7(2)11-10(6)13-15-14-11/h3-5H,1-2H3. The van der Waals surface area contributed by atoms with Gasteiger partial charge in [-0.2, -0.15) is 0 Å². The van der Waals surface area contributed by atoms with Gasteiger partial charge in [-0.25, -0.2) is 4.63 Å². The molecule has 0 saturated carbocycles. The number of rotatable bonds is 0. The first-order valence-electron chi connectivity index (χ1n) is 4.74. The van der Waals surface area contributed by atoms with E-state index in [1.807, 2.05) is 26.1 Å². The molecular weight excluding hydrogens is 190 g/mol. The van der Waals surface area contributed by atoms with E-state index in [4.69, 9.17) is 4.63 Å². The van der Waals surface area contributed by atoms with Crippen molar-refractivity contribution in [2.75, 3.05) is 0 Å². The molecule has 74 valence electrons. The van der Waals surface area contributed by atoms with Gasteiger partial charge >= 0.3 is 0 Å². The highest BCUT2D eigenvalue weighted by atomic mass is 16.6. The van der Waals surface area contributed by atoms with Gasteiger partial charge in [-0.3, -0.25) is 4.98 Å². The van der Waals surface area contributed by atoms with E-state index in [0.717, 1.165) is 32.9 Å². The van der Waals surface area contributed by atoms with Crippen molar-refractivity contribution in [3.63, 3.8) is 0 Å². The molecule has 0 fully saturated rings. The molecule has 1 aromatic carbocycles. The van der Waals surface area contributed by atoms with Crippen LogP contribution in [0, 0.1) is 13.8 Å². The SMILES string of the molecule is Cc1c2ccncc2c(C)c2nonc12. The third kappa shape index (κ3) is 0.986. The minimum Gasteiger partial charge on any atom is -0.264 e. The zero-order valence-electron chi connectivity index (χ0n) is 8.48. The molecule has 0 aliphatic heterocycles. The Balaban J connectivity index is 2.69. The van der Waals surface area contributed by atoms with Gasteiger partial charge in [-0.05, 0) is 46.7 Å². The van der Waals surface area contributed by atoms with Crippen molar-refractivity contribution in [2.45, 2.75) is 13.8 Å². The van der Waals surface area contributed by atoms with E-state index in [9.17, 15) is 0 Å². The monoisotopic (exact) mass is 199 g/mol. The van der Waals surface area contributed by atoms with Gasteiger partial charge in [0.15, 0.2) is 0 Å². The average molecular weight is 199 g/mol. The zero-order chi connectivity index (χ0) is 10.4. The molecule has 0 spiro atoms. The largest absolute Gasteiger partial charge is 0.264 e. The Morgan fingerprint density at radius 1 is 1.00 bits per heavy atom. The summed E-state index contributed by atoms with van der Waals surface area (Å²) in [6.45, 7) is 4.03. The first-order chi connectivity index (χ1) is 7.29. The highest BCUT2D eigenvalue weighted by Crippen LogP contribution is 2.28. The van der Waals surface area contributed by atoms with E-state index in [-0.39, 0.29) is 0 Å². The summed E-state index contributed by atoms with van der Waals surface area (Å²) in [6.07, 6.45) is 3.64. The maximum Gasteiger partial charge on any atom is 0.139 e. The average Bonchev–Trinajstić information content (AvgIpc) is 2.75. The molecule has 2 heterocycles. The summed E-state index contributed by atoms with van der Waals surface area (Å²) >= 11 is 0. The molecule has 3 aromatic rings. The van der Waals surface area contributed by atoms with Crippen LogP contribution in [0.15, 0.2) is 23.1 Å². The summed E-state index contributed by atoms with van der Waals surface area (Å²) in [6, 6.07) is 1.99. The molecule has 2 aromatic heterocycles. The van der Waals surface area contributed by atoms with Crippen LogP contribution in [-0.4, -0.2) is 15.3 Å². The fourth-order valence-electron chi connectivity index (χ4n) is 1.96. The minimum atomic E-state index is 0.827. The Kier molecular flexibility index (Phi) is 1.54. The Labute approximate surface area is 85.9 Å². The van der Waals surface area contributed by atoms with Gasteiger partial charge in [0.05, 0.1) is 0 Å². The van der Waals surface area contributed by atoms with E-state index in [1.165, 1.54) is 0 Å². The second kappa shape index (κ2) is 2.76. The second-order valence-electron chi connectivity index (χ2n) is 3.63. The number of pyridine rings is 1. The molecule has 0 N–H and O–H groups in total. The summed E-state index contributed by atoms with van der Waals surface area (Å²) in [5.74, 6) is 0. The fraction of sp³-hybridized carbons (Fsp3) is 0.182. The van der Waals surface area contributed by atoms with Gasteiger partial charge < -0.3 is 0 Å². The van der Waals surface area contributed by atoms with Crippen LogP contribution in [0.4, 0.5) is 0 Å². The van der Waals surface area contributed by atoms with Crippen molar-refractivity contribution in [1.29, 1.82) is 0 Å². The zero-order valence-corrected chi connectivity index (χ0v) is 8.48. The normalized spacial score (nSPS) is 11.3. The molecule has 15 heavy (non-hydrogen) atoms. The highest BCUT2D eigenvalue weighted by molar-refractivity contribution is 6.01. The third-order valence-corrected chi connectivity index (χ3v) is 2.83. The number of hydrogen-bond donors (Lipinski definition) is 0. The molecule has 0 atom stereocenters. The van der Waals surface area contributed by atoms with Crippen molar-refractivity contribution >= 4 is 21.8 Å². The van der Waals surface area contributed by atoms with E-state index in [1.54, 1.807) is 6.20 Å². The lowest BCUT2D eigenvalue weighted by Gasteiger charge is -2.04. The molecule has 0 aliphatic rings. The van der Waals surface area contributed by atoms with Crippen molar-refractivity contribution in [1.82, 2.24) is 15.3 Å². The van der Waals surface area contributed by atoms with Crippen LogP contribution >= 0.6 is 0 Å². The van der Waals surface area contributed by atoms with E-state index in [0.29, 0.717) is 0 Å². The Morgan fingerprint density at radius 3 is 2.40 bits per heavy atom. The predicted molar refractivity (Wildman–Crippen MR) is 56.6 cm³/mol. The van der Waals surface area contributed by atoms with Crippen LogP contribution in [0.3, 0.4) is 0 Å². The van der Waals surface area contributed by atoms with Crippen LogP contribution in [0.25, 0.3) is 21.8 Å².